The second-order valence-electron chi connectivity index (χ2n) is 6.63. The molecule has 1 saturated carbocycles. The molecule has 1 fully saturated rings. The molecule has 0 aromatic rings. The monoisotopic (exact) mass is 251 g/mol. The third-order valence-electron chi connectivity index (χ3n) is 4.29. The average molecular weight is 251 g/mol. The first kappa shape index (κ1) is 13.4. The zero-order chi connectivity index (χ0) is 13.5. The number of aliphatic hydroxyl groups excluding tert-OH is 1. The summed E-state index contributed by atoms with van der Waals surface area (Å²) < 4.78 is 0. The smallest absolute Gasteiger partial charge is 0.253 e. The van der Waals surface area contributed by atoms with Gasteiger partial charge in [-0.3, -0.25) is 4.79 Å². The molecule has 0 radical (unpaired) electrons. The first-order valence-corrected chi connectivity index (χ1v) is 7.06. The molecule has 0 aromatic carbocycles. The molecule has 102 valence electrons. The lowest BCUT2D eigenvalue weighted by molar-refractivity contribution is -0.131. The number of rotatable bonds is 4. The summed E-state index contributed by atoms with van der Waals surface area (Å²) in [5.74, 6) is 0.990. The van der Waals surface area contributed by atoms with Crippen molar-refractivity contribution in [2.24, 2.45) is 11.3 Å². The topological polar surface area (TPSA) is 40.5 Å². The van der Waals surface area contributed by atoms with Crippen molar-refractivity contribution in [2.45, 2.75) is 59.4 Å². The number of amides is 1. The molecule has 3 heteroatoms. The van der Waals surface area contributed by atoms with Gasteiger partial charge in [0.2, 0.25) is 0 Å². The van der Waals surface area contributed by atoms with Gasteiger partial charge in [0.05, 0.1) is 5.57 Å². The summed E-state index contributed by atoms with van der Waals surface area (Å²) in [4.78, 5) is 14.1. The van der Waals surface area contributed by atoms with Crippen LogP contribution in [0.1, 0.15) is 53.4 Å². The number of carbonyl (C=O) groups excluding carboxylic acids is 1. The van der Waals surface area contributed by atoms with Gasteiger partial charge in [-0.2, -0.15) is 0 Å². The lowest BCUT2D eigenvalue weighted by Gasteiger charge is -2.41. The minimum absolute atomic E-state index is 0.0389. The van der Waals surface area contributed by atoms with Crippen molar-refractivity contribution in [2.75, 3.05) is 6.54 Å². The normalized spacial score (nSPS) is 29.4. The number of hydrogen-bond donors (Lipinski definition) is 1. The largest absolute Gasteiger partial charge is 0.511 e. The molecule has 1 aliphatic heterocycles. The Balaban J connectivity index is 2.20. The van der Waals surface area contributed by atoms with E-state index in [2.05, 4.69) is 20.8 Å². The molecule has 0 saturated heterocycles. The predicted octanol–water partition coefficient (Wildman–Crippen LogP) is 3.27. The van der Waals surface area contributed by atoms with Gasteiger partial charge in [-0.25, -0.2) is 0 Å². The van der Waals surface area contributed by atoms with Gasteiger partial charge < -0.3 is 10.0 Å². The fraction of sp³-hybridized carbons (Fsp3) is 0.800. The van der Waals surface area contributed by atoms with Crippen LogP contribution in [0.25, 0.3) is 0 Å². The highest BCUT2D eigenvalue weighted by atomic mass is 16.3. The molecule has 3 nitrogen and oxygen atoms in total. The van der Waals surface area contributed by atoms with Gasteiger partial charge in [-0.1, -0.05) is 20.8 Å². The average Bonchev–Trinajstić information content (AvgIpc) is 3.13. The van der Waals surface area contributed by atoms with E-state index in [1.54, 1.807) is 6.92 Å². The highest BCUT2D eigenvalue weighted by molar-refractivity contribution is 5.95. The fourth-order valence-electron chi connectivity index (χ4n) is 2.78. The molecule has 0 spiro atoms. The van der Waals surface area contributed by atoms with Crippen LogP contribution >= 0.6 is 0 Å². The molecular formula is C15H25NO2. The third kappa shape index (κ3) is 2.40. The Labute approximate surface area is 110 Å². The van der Waals surface area contributed by atoms with Crippen LogP contribution in [0.2, 0.25) is 0 Å². The summed E-state index contributed by atoms with van der Waals surface area (Å²) in [5, 5.41) is 10.3. The van der Waals surface area contributed by atoms with E-state index in [0.29, 0.717) is 29.8 Å². The molecule has 1 amide bonds. The standard InChI is InChI=1S/C15H25NO2/c1-10(2)7-8-15(4)9-16(12-5-6-12)14(18)11(3)13(15)17/h10,12,17H,5-9H2,1-4H3. The molecule has 0 bridgehead atoms. The Morgan fingerprint density at radius 2 is 2.06 bits per heavy atom. The van der Waals surface area contributed by atoms with Gasteiger partial charge >= 0.3 is 0 Å². The van der Waals surface area contributed by atoms with Gasteiger partial charge in [0.1, 0.15) is 5.76 Å². The third-order valence-corrected chi connectivity index (χ3v) is 4.29. The van der Waals surface area contributed by atoms with Crippen LogP contribution in [-0.2, 0) is 4.79 Å². The van der Waals surface area contributed by atoms with Gasteiger partial charge in [0, 0.05) is 18.0 Å². The van der Waals surface area contributed by atoms with Gasteiger partial charge in [0.25, 0.3) is 5.91 Å². The van der Waals surface area contributed by atoms with Gasteiger partial charge in [-0.15, -0.1) is 0 Å². The van der Waals surface area contributed by atoms with Crippen molar-refractivity contribution in [3.05, 3.63) is 11.3 Å². The van der Waals surface area contributed by atoms with Crippen molar-refractivity contribution >= 4 is 5.91 Å². The second-order valence-corrected chi connectivity index (χ2v) is 6.63. The van der Waals surface area contributed by atoms with Crippen molar-refractivity contribution < 1.29 is 9.90 Å². The Hall–Kier alpha value is -0.990. The molecule has 1 N–H and O–H groups in total. The Kier molecular flexibility index (Phi) is 3.43. The molecular weight excluding hydrogens is 226 g/mol. The highest BCUT2D eigenvalue weighted by Crippen LogP contribution is 2.42. The second kappa shape index (κ2) is 4.60. The van der Waals surface area contributed by atoms with Crippen LogP contribution in [0, 0.1) is 11.3 Å². The van der Waals surface area contributed by atoms with Crippen LogP contribution in [0.5, 0.6) is 0 Å². The zero-order valence-electron chi connectivity index (χ0n) is 12.0. The van der Waals surface area contributed by atoms with E-state index in [1.807, 2.05) is 4.90 Å². The number of aliphatic hydroxyl groups is 1. The highest BCUT2D eigenvalue weighted by Gasteiger charge is 2.45. The molecule has 1 heterocycles. The maximum absolute atomic E-state index is 12.2. The van der Waals surface area contributed by atoms with Crippen LogP contribution in [0.15, 0.2) is 11.3 Å². The first-order valence-electron chi connectivity index (χ1n) is 7.06. The summed E-state index contributed by atoms with van der Waals surface area (Å²) in [6.07, 6.45) is 4.28. The summed E-state index contributed by atoms with van der Waals surface area (Å²) >= 11 is 0. The van der Waals surface area contributed by atoms with Crippen molar-refractivity contribution in [1.29, 1.82) is 0 Å². The summed E-state index contributed by atoms with van der Waals surface area (Å²) in [7, 11) is 0. The van der Waals surface area contributed by atoms with E-state index >= 15 is 0 Å². The van der Waals surface area contributed by atoms with Crippen LogP contribution < -0.4 is 0 Å². The Morgan fingerprint density at radius 1 is 1.44 bits per heavy atom. The van der Waals surface area contributed by atoms with Crippen molar-refractivity contribution in [3.8, 4) is 0 Å². The van der Waals surface area contributed by atoms with E-state index in [-0.39, 0.29) is 11.3 Å². The maximum Gasteiger partial charge on any atom is 0.253 e. The van der Waals surface area contributed by atoms with Crippen LogP contribution in [-0.4, -0.2) is 28.5 Å². The fourth-order valence-corrected chi connectivity index (χ4v) is 2.78. The lowest BCUT2D eigenvalue weighted by atomic mass is 9.77. The minimum Gasteiger partial charge on any atom is -0.511 e. The maximum atomic E-state index is 12.2. The van der Waals surface area contributed by atoms with Crippen molar-refractivity contribution in [1.82, 2.24) is 4.90 Å². The number of nitrogens with zero attached hydrogens (tertiary/aromatic N) is 1. The summed E-state index contributed by atoms with van der Waals surface area (Å²) in [5.41, 5.74) is 0.310. The zero-order valence-corrected chi connectivity index (χ0v) is 12.0. The number of carbonyl (C=O) groups is 1. The molecule has 1 atom stereocenters. The molecule has 0 aromatic heterocycles. The van der Waals surface area contributed by atoms with Gasteiger partial charge in [-0.05, 0) is 38.5 Å². The quantitative estimate of drug-likeness (QED) is 0.833. The van der Waals surface area contributed by atoms with Crippen LogP contribution in [0.3, 0.4) is 0 Å². The van der Waals surface area contributed by atoms with Gasteiger partial charge in [0.15, 0.2) is 0 Å². The SMILES string of the molecule is CC1=C(O)C(C)(CCC(C)C)CN(C2CC2)C1=O. The summed E-state index contributed by atoms with van der Waals surface area (Å²) in [6.45, 7) is 8.94. The Morgan fingerprint density at radius 3 is 2.56 bits per heavy atom. The molecule has 1 aliphatic carbocycles. The van der Waals surface area contributed by atoms with Crippen molar-refractivity contribution in [3.63, 3.8) is 0 Å². The first-order chi connectivity index (χ1) is 8.35. The Bertz CT molecular complexity index is 382. The van der Waals surface area contributed by atoms with E-state index in [9.17, 15) is 9.90 Å². The lowest BCUT2D eigenvalue weighted by Crippen LogP contribution is -2.47. The molecule has 1 unspecified atom stereocenters. The van der Waals surface area contributed by atoms with Crippen LogP contribution in [0.4, 0.5) is 0 Å². The molecule has 2 rings (SSSR count). The number of hydrogen-bond acceptors (Lipinski definition) is 2. The molecule has 2 aliphatic rings. The van der Waals surface area contributed by atoms with E-state index in [0.717, 1.165) is 25.7 Å². The minimum atomic E-state index is -0.245. The summed E-state index contributed by atoms with van der Waals surface area (Å²) in [6, 6.07) is 0.430. The predicted molar refractivity (Wildman–Crippen MR) is 72.2 cm³/mol. The van der Waals surface area contributed by atoms with E-state index in [4.69, 9.17) is 0 Å². The molecule has 18 heavy (non-hydrogen) atoms. The van der Waals surface area contributed by atoms with E-state index in [1.165, 1.54) is 0 Å². The van der Waals surface area contributed by atoms with E-state index < -0.39 is 0 Å².